The van der Waals surface area contributed by atoms with Crippen LogP contribution < -0.4 is 0 Å². The minimum absolute atomic E-state index is 0.113. The highest BCUT2D eigenvalue weighted by molar-refractivity contribution is 9.11. The SMILES string of the molecule is Cn1c(CO)nnc1-c1ccc(Br)cc1Br. The molecule has 0 spiro atoms. The van der Waals surface area contributed by atoms with Crippen molar-refractivity contribution in [2.24, 2.45) is 7.05 Å². The van der Waals surface area contributed by atoms with Gasteiger partial charge in [-0.05, 0) is 34.1 Å². The van der Waals surface area contributed by atoms with E-state index in [2.05, 4.69) is 42.1 Å². The summed E-state index contributed by atoms with van der Waals surface area (Å²) in [6, 6.07) is 5.83. The summed E-state index contributed by atoms with van der Waals surface area (Å²) in [4.78, 5) is 0. The second-order valence-electron chi connectivity index (χ2n) is 3.28. The summed E-state index contributed by atoms with van der Waals surface area (Å²) in [6.45, 7) is -0.113. The van der Waals surface area contributed by atoms with Crippen LogP contribution in [0, 0.1) is 0 Å². The smallest absolute Gasteiger partial charge is 0.164 e. The van der Waals surface area contributed by atoms with E-state index in [1.165, 1.54) is 0 Å². The van der Waals surface area contributed by atoms with Gasteiger partial charge in [-0.1, -0.05) is 15.9 Å². The molecular formula is C10H9Br2N3O. The fourth-order valence-corrected chi connectivity index (χ4v) is 2.63. The molecule has 16 heavy (non-hydrogen) atoms. The quantitative estimate of drug-likeness (QED) is 0.908. The molecule has 1 N–H and O–H groups in total. The standard InChI is InChI=1S/C10H9Br2N3O/c1-15-9(5-16)13-14-10(15)7-3-2-6(11)4-8(7)12/h2-4,16H,5H2,1H3. The minimum Gasteiger partial charge on any atom is -0.388 e. The van der Waals surface area contributed by atoms with Crippen molar-refractivity contribution >= 4 is 31.9 Å². The lowest BCUT2D eigenvalue weighted by atomic mass is 10.2. The Bertz CT molecular complexity index is 525. The predicted molar refractivity (Wildman–Crippen MR) is 67.8 cm³/mol. The largest absolute Gasteiger partial charge is 0.388 e. The van der Waals surface area contributed by atoms with Crippen LogP contribution in [0.1, 0.15) is 5.82 Å². The number of hydrogen-bond donors (Lipinski definition) is 1. The Morgan fingerprint density at radius 3 is 2.62 bits per heavy atom. The average molecular weight is 347 g/mol. The lowest BCUT2D eigenvalue weighted by Gasteiger charge is -2.05. The number of halogens is 2. The Hall–Kier alpha value is -0.720. The Morgan fingerprint density at radius 1 is 1.31 bits per heavy atom. The van der Waals surface area contributed by atoms with Crippen molar-refractivity contribution in [3.63, 3.8) is 0 Å². The van der Waals surface area contributed by atoms with Gasteiger partial charge in [0, 0.05) is 21.6 Å². The molecule has 2 rings (SSSR count). The van der Waals surface area contributed by atoms with Gasteiger partial charge in [-0.3, -0.25) is 0 Å². The van der Waals surface area contributed by atoms with Gasteiger partial charge in [0.15, 0.2) is 11.6 Å². The van der Waals surface area contributed by atoms with Crippen molar-refractivity contribution in [2.75, 3.05) is 0 Å². The van der Waals surface area contributed by atoms with Crippen LogP contribution in [0.15, 0.2) is 27.1 Å². The molecule has 1 aromatic heterocycles. The summed E-state index contributed by atoms with van der Waals surface area (Å²) < 4.78 is 3.70. The Morgan fingerprint density at radius 2 is 2.06 bits per heavy atom. The maximum atomic E-state index is 9.05. The maximum Gasteiger partial charge on any atom is 0.164 e. The normalized spacial score (nSPS) is 10.8. The van der Waals surface area contributed by atoms with Crippen molar-refractivity contribution in [1.29, 1.82) is 0 Å². The summed E-state index contributed by atoms with van der Waals surface area (Å²) in [6.07, 6.45) is 0. The lowest BCUT2D eigenvalue weighted by molar-refractivity contribution is 0.267. The third kappa shape index (κ3) is 2.05. The van der Waals surface area contributed by atoms with E-state index in [9.17, 15) is 0 Å². The predicted octanol–water partition coefficient (Wildman–Crippen LogP) is 2.50. The summed E-state index contributed by atoms with van der Waals surface area (Å²) in [5.41, 5.74) is 0.943. The molecule has 0 amide bonds. The monoisotopic (exact) mass is 345 g/mol. The number of benzene rings is 1. The lowest BCUT2D eigenvalue weighted by Crippen LogP contribution is -1.99. The van der Waals surface area contributed by atoms with E-state index in [1.807, 2.05) is 25.2 Å². The molecule has 0 radical (unpaired) electrons. The minimum atomic E-state index is -0.113. The molecule has 4 nitrogen and oxygen atoms in total. The van der Waals surface area contributed by atoms with Gasteiger partial charge in [0.05, 0.1) is 0 Å². The maximum absolute atomic E-state index is 9.05. The zero-order chi connectivity index (χ0) is 11.7. The van der Waals surface area contributed by atoms with Gasteiger partial charge in [0.25, 0.3) is 0 Å². The molecule has 1 heterocycles. The molecule has 0 aliphatic heterocycles. The molecule has 0 atom stereocenters. The van der Waals surface area contributed by atoms with Crippen LogP contribution in [-0.4, -0.2) is 19.9 Å². The van der Waals surface area contributed by atoms with Crippen molar-refractivity contribution in [3.8, 4) is 11.4 Å². The number of hydrogen-bond acceptors (Lipinski definition) is 3. The van der Waals surface area contributed by atoms with Crippen LogP contribution in [0.4, 0.5) is 0 Å². The van der Waals surface area contributed by atoms with Crippen molar-refractivity contribution in [2.45, 2.75) is 6.61 Å². The fourth-order valence-electron chi connectivity index (χ4n) is 1.40. The average Bonchev–Trinajstić information content (AvgIpc) is 2.60. The van der Waals surface area contributed by atoms with Gasteiger partial charge < -0.3 is 9.67 Å². The van der Waals surface area contributed by atoms with E-state index in [0.717, 1.165) is 20.3 Å². The number of nitrogens with zero attached hydrogens (tertiary/aromatic N) is 3. The third-order valence-electron chi connectivity index (χ3n) is 2.28. The number of aliphatic hydroxyl groups excluding tert-OH is 1. The first-order chi connectivity index (χ1) is 7.63. The highest BCUT2D eigenvalue weighted by Gasteiger charge is 2.12. The third-order valence-corrected chi connectivity index (χ3v) is 3.43. The zero-order valence-corrected chi connectivity index (χ0v) is 11.7. The molecule has 0 fully saturated rings. The van der Waals surface area contributed by atoms with E-state index in [4.69, 9.17) is 5.11 Å². The van der Waals surface area contributed by atoms with Gasteiger partial charge in [0.2, 0.25) is 0 Å². The van der Waals surface area contributed by atoms with E-state index < -0.39 is 0 Å². The molecule has 0 saturated heterocycles. The molecule has 1 aromatic carbocycles. The van der Waals surface area contributed by atoms with Gasteiger partial charge in [0.1, 0.15) is 6.61 Å². The Kier molecular flexibility index (Phi) is 3.41. The van der Waals surface area contributed by atoms with E-state index in [1.54, 1.807) is 4.57 Å². The Balaban J connectivity index is 2.54. The first kappa shape index (κ1) is 11.8. The zero-order valence-electron chi connectivity index (χ0n) is 8.48. The van der Waals surface area contributed by atoms with E-state index >= 15 is 0 Å². The molecule has 0 unspecified atom stereocenters. The molecule has 2 aromatic rings. The van der Waals surface area contributed by atoms with Crippen molar-refractivity contribution in [1.82, 2.24) is 14.8 Å². The summed E-state index contributed by atoms with van der Waals surface area (Å²) >= 11 is 6.87. The summed E-state index contributed by atoms with van der Waals surface area (Å²) in [5.74, 6) is 1.27. The molecule has 6 heteroatoms. The van der Waals surface area contributed by atoms with Gasteiger partial charge in [-0.15, -0.1) is 10.2 Å². The van der Waals surface area contributed by atoms with Crippen LogP contribution in [-0.2, 0) is 13.7 Å². The molecule has 0 saturated carbocycles. The van der Waals surface area contributed by atoms with Gasteiger partial charge >= 0.3 is 0 Å². The molecule has 0 aliphatic rings. The second kappa shape index (κ2) is 4.65. The molecule has 84 valence electrons. The highest BCUT2D eigenvalue weighted by Crippen LogP contribution is 2.29. The Labute approximate surface area is 110 Å². The summed E-state index contributed by atoms with van der Waals surface area (Å²) in [7, 11) is 1.83. The van der Waals surface area contributed by atoms with E-state index in [-0.39, 0.29) is 6.61 Å². The first-order valence-corrected chi connectivity index (χ1v) is 6.16. The molecular weight excluding hydrogens is 338 g/mol. The van der Waals surface area contributed by atoms with E-state index in [0.29, 0.717) is 5.82 Å². The van der Waals surface area contributed by atoms with Crippen molar-refractivity contribution in [3.05, 3.63) is 33.0 Å². The van der Waals surface area contributed by atoms with Crippen LogP contribution in [0.5, 0.6) is 0 Å². The fraction of sp³-hybridized carbons (Fsp3) is 0.200. The van der Waals surface area contributed by atoms with Crippen LogP contribution in [0.25, 0.3) is 11.4 Å². The van der Waals surface area contributed by atoms with Crippen LogP contribution in [0.3, 0.4) is 0 Å². The number of aromatic nitrogens is 3. The van der Waals surface area contributed by atoms with Crippen LogP contribution in [0.2, 0.25) is 0 Å². The number of aliphatic hydroxyl groups is 1. The van der Waals surface area contributed by atoms with Crippen LogP contribution >= 0.6 is 31.9 Å². The first-order valence-electron chi connectivity index (χ1n) is 4.58. The number of rotatable bonds is 2. The molecule has 0 bridgehead atoms. The topological polar surface area (TPSA) is 50.9 Å². The van der Waals surface area contributed by atoms with Gasteiger partial charge in [-0.25, -0.2) is 0 Å². The summed E-state index contributed by atoms with van der Waals surface area (Å²) in [5, 5.41) is 17.0. The van der Waals surface area contributed by atoms with Crippen molar-refractivity contribution < 1.29 is 5.11 Å². The molecule has 0 aliphatic carbocycles. The van der Waals surface area contributed by atoms with Gasteiger partial charge in [-0.2, -0.15) is 0 Å². The highest BCUT2D eigenvalue weighted by atomic mass is 79.9. The second-order valence-corrected chi connectivity index (χ2v) is 5.05.